The Balaban J connectivity index is 0.00000400. The molecule has 0 heterocycles. The van der Waals surface area contributed by atoms with E-state index in [1.807, 2.05) is 24.3 Å². The minimum absolute atomic E-state index is 0. The Morgan fingerprint density at radius 2 is 2.10 bits per heavy atom. The summed E-state index contributed by atoms with van der Waals surface area (Å²) >= 11 is 0. The number of nitrogens with zero attached hydrogens (tertiary/aromatic N) is 1. The van der Waals surface area contributed by atoms with Crippen LogP contribution in [-0.2, 0) is 6.42 Å². The molecule has 0 aliphatic heterocycles. The first-order valence-corrected chi connectivity index (χ1v) is 6.95. The summed E-state index contributed by atoms with van der Waals surface area (Å²) in [4.78, 5) is 4.24. The smallest absolute Gasteiger partial charge is 0.188 e. The zero-order chi connectivity index (χ0) is 14.6. The van der Waals surface area contributed by atoms with E-state index in [0.29, 0.717) is 12.6 Å². The molecule has 0 aromatic heterocycles. The number of aliphatic imine (C=N–C) groups is 1. The van der Waals surface area contributed by atoms with Crippen molar-refractivity contribution in [3.05, 3.63) is 29.8 Å². The van der Waals surface area contributed by atoms with Crippen LogP contribution in [0.4, 0.5) is 0 Å². The number of benzene rings is 1. The number of guanidine groups is 1. The maximum atomic E-state index is 5.76. The first kappa shape index (κ1) is 19.6. The number of nitrogens with two attached hydrogens (primary N) is 1. The number of halogens is 1. The van der Waals surface area contributed by atoms with Crippen molar-refractivity contribution in [2.45, 2.75) is 26.2 Å². The molecule has 3 N–H and O–H groups in total. The largest absolute Gasteiger partial charge is 0.481 e. The summed E-state index contributed by atoms with van der Waals surface area (Å²) in [6, 6.07) is 7.90. The molecule has 0 unspecified atom stereocenters. The lowest BCUT2D eigenvalue weighted by molar-refractivity contribution is 0.370. The van der Waals surface area contributed by atoms with Crippen molar-refractivity contribution in [1.29, 1.82) is 0 Å². The minimum atomic E-state index is 0. The fraction of sp³-hybridized carbons (Fsp3) is 0.438. The fourth-order valence-corrected chi connectivity index (χ4v) is 1.63. The zero-order valence-corrected chi connectivity index (χ0v) is 14.8. The molecule has 0 bridgehead atoms. The molecule has 1 aromatic carbocycles. The molecule has 0 atom stereocenters. The van der Waals surface area contributed by atoms with E-state index in [2.05, 4.69) is 23.2 Å². The molecular weight excluding hydrogens is 377 g/mol. The molecule has 0 fully saturated rings. The molecule has 4 nitrogen and oxygen atoms in total. The molecule has 0 radical (unpaired) electrons. The summed E-state index contributed by atoms with van der Waals surface area (Å²) in [5, 5.41) is 3.11. The van der Waals surface area contributed by atoms with E-state index in [1.165, 1.54) is 5.56 Å². The molecule has 5 heteroatoms. The topological polar surface area (TPSA) is 59.6 Å². The Morgan fingerprint density at radius 1 is 1.38 bits per heavy atom. The highest BCUT2D eigenvalue weighted by molar-refractivity contribution is 14.0. The van der Waals surface area contributed by atoms with Gasteiger partial charge in [0.15, 0.2) is 5.96 Å². The van der Waals surface area contributed by atoms with Crippen LogP contribution in [0.2, 0.25) is 0 Å². The Morgan fingerprint density at radius 3 is 2.71 bits per heavy atom. The van der Waals surface area contributed by atoms with Crippen LogP contribution in [0.1, 0.15) is 25.3 Å². The van der Waals surface area contributed by atoms with E-state index in [0.717, 1.165) is 38.1 Å². The predicted molar refractivity (Wildman–Crippen MR) is 99.3 cm³/mol. The molecule has 0 aliphatic rings. The number of hydrogen-bond acceptors (Lipinski definition) is 2. The summed E-state index contributed by atoms with van der Waals surface area (Å²) in [5.41, 5.74) is 6.97. The van der Waals surface area contributed by atoms with E-state index in [1.54, 1.807) is 0 Å². The first-order valence-electron chi connectivity index (χ1n) is 6.95. The zero-order valence-electron chi connectivity index (χ0n) is 12.5. The highest BCUT2D eigenvalue weighted by Gasteiger charge is 1.96. The van der Waals surface area contributed by atoms with Crippen molar-refractivity contribution in [2.75, 3.05) is 19.7 Å². The minimum Gasteiger partial charge on any atom is -0.481 e. The van der Waals surface area contributed by atoms with Crippen LogP contribution in [0.3, 0.4) is 0 Å². The van der Waals surface area contributed by atoms with E-state index in [-0.39, 0.29) is 24.0 Å². The van der Waals surface area contributed by atoms with Crippen LogP contribution in [0.25, 0.3) is 0 Å². The van der Waals surface area contributed by atoms with Gasteiger partial charge in [-0.05, 0) is 30.5 Å². The maximum absolute atomic E-state index is 5.76. The molecule has 21 heavy (non-hydrogen) atoms. The monoisotopic (exact) mass is 401 g/mol. The summed E-state index contributed by atoms with van der Waals surface area (Å²) < 4.78 is 5.32. The van der Waals surface area contributed by atoms with Crippen molar-refractivity contribution in [3.8, 4) is 18.1 Å². The van der Waals surface area contributed by atoms with Gasteiger partial charge in [0, 0.05) is 13.1 Å². The van der Waals surface area contributed by atoms with Gasteiger partial charge >= 0.3 is 0 Å². The van der Waals surface area contributed by atoms with Crippen LogP contribution in [0, 0.1) is 12.3 Å². The lowest BCUT2D eigenvalue weighted by atomic mass is 10.1. The highest BCUT2D eigenvalue weighted by atomic mass is 127. The van der Waals surface area contributed by atoms with Crippen molar-refractivity contribution in [1.82, 2.24) is 5.32 Å². The Bertz CT molecular complexity index is 452. The molecule has 0 saturated carbocycles. The second-order valence-corrected chi connectivity index (χ2v) is 4.43. The van der Waals surface area contributed by atoms with Crippen molar-refractivity contribution >= 4 is 29.9 Å². The number of rotatable bonds is 8. The Labute approximate surface area is 144 Å². The molecule has 1 aromatic rings. The average Bonchev–Trinajstić information content (AvgIpc) is 2.47. The van der Waals surface area contributed by atoms with E-state index < -0.39 is 0 Å². The van der Waals surface area contributed by atoms with Gasteiger partial charge in [0.25, 0.3) is 0 Å². The van der Waals surface area contributed by atoms with Crippen molar-refractivity contribution in [2.24, 2.45) is 10.7 Å². The van der Waals surface area contributed by atoms with Gasteiger partial charge in [-0.25, -0.2) is 0 Å². The quantitative estimate of drug-likeness (QED) is 0.232. The van der Waals surface area contributed by atoms with Gasteiger partial charge in [-0.15, -0.1) is 30.4 Å². The number of hydrogen-bond donors (Lipinski definition) is 2. The lowest BCUT2D eigenvalue weighted by Crippen LogP contribution is -2.33. The summed E-state index contributed by atoms with van der Waals surface area (Å²) in [6.07, 6.45) is 8.23. The van der Waals surface area contributed by atoms with Gasteiger partial charge in [-0.1, -0.05) is 31.4 Å². The fourth-order valence-electron chi connectivity index (χ4n) is 1.63. The SMILES string of the molecule is C#CCOc1ccc(CCNC(N)=NCCCC)cc1.I. The summed E-state index contributed by atoms with van der Waals surface area (Å²) in [5.74, 6) is 3.75. The number of nitrogens with one attached hydrogen (secondary N) is 1. The van der Waals surface area contributed by atoms with Crippen LogP contribution < -0.4 is 15.8 Å². The van der Waals surface area contributed by atoms with Gasteiger partial charge in [0.05, 0.1) is 0 Å². The maximum Gasteiger partial charge on any atom is 0.188 e. The predicted octanol–water partition coefficient (Wildman–Crippen LogP) is 2.56. The summed E-state index contributed by atoms with van der Waals surface area (Å²) in [6.45, 7) is 3.99. The van der Waals surface area contributed by atoms with Crippen molar-refractivity contribution in [3.63, 3.8) is 0 Å². The Hall–Kier alpha value is -1.42. The number of terminal acetylenes is 1. The average molecular weight is 401 g/mol. The van der Waals surface area contributed by atoms with Crippen LogP contribution in [0.5, 0.6) is 5.75 Å². The second-order valence-electron chi connectivity index (χ2n) is 4.43. The van der Waals surface area contributed by atoms with E-state index in [9.17, 15) is 0 Å². The number of ether oxygens (including phenoxy) is 1. The number of unbranched alkanes of at least 4 members (excludes halogenated alkanes) is 1. The van der Waals surface area contributed by atoms with Gasteiger partial charge in [0.2, 0.25) is 0 Å². The molecule has 0 saturated heterocycles. The lowest BCUT2D eigenvalue weighted by Gasteiger charge is -2.07. The summed E-state index contributed by atoms with van der Waals surface area (Å²) in [7, 11) is 0. The highest BCUT2D eigenvalue weighted by Crippen LogP contribution is 2.12. The molecular formula is C16H24IN3O. The second kappa shape index (κ2) is 12.3. The van der Waals surface area contributed by atoms with Gasteiger partial charge in [-0.3, -0.25) is 4.99 Å². The molecule has 116 valence electrons. The molecule has 0 spiro atoms. The molecule has 0 amide bonds. The van der Waals surface area contributed by atoms with E-state index in [4.69, 9.17) is 16.9 Å². The molecule has 1 rings (SSSR count). The van der Waals surface area contributed by atoms with Gasteiger partial charge in [-0.2, -0.15) is 0 Å². The molecule has 0 aliphatic carbocycles. The Kier molecular flexibility index (Phi) is 11.5. The normalized spacial score (nSPS) is 10.4. The third-order valence-electron chi connectivity index (χ3n) is 2.76. The van der Waals surface area contributed by atoms with E-state index >= 15 is 0 Å². The van der Waals surface area contributed by atoms with Gasteiger partial charge in [0.1, 0.15) is 12.4 Å². The van der Waals surface area contributed by atoms with Crippen molar-refractivity contribution < 1.29 is 4.74 Å². The van der Waals surface area contributed by atoms with Gasteiger partial charge < -0.3 is 15.8 Å². The van der Waals surface area contributed by atoms with Crippen LogP contribution in [0.15, 0.2) is 29.3 Å². The standard InChI is InChI=1S/C16H23N3O.HI/c1-3-5-11-18-16(17)19-12-10-14-6-8-15(9-7-14)20-13-4-2;/h2,6-9H,3,5,10-13H2,1H3,(H3,17,18,19);1H. The van der Waals surface area contributed by atoms with Crippen LogP contribution >= 0.6 is 24.0 Å². The van der Waals surface area contributed by atoms with Crippen LogP contribution in [-0.4, -0.2) is 25.7 Å². The first-order chi connectivity index (χ1) is 9.76. The third kappa shape index (κ3) is 9.19. The third-order valence-corrected chi connectivity index (χ3v) is 2.76.